The van der Waals surface area contributed by atoms with Crippen LogP contribution in [0, 0.1) is 0 Å². The molecule has 0 fully saturated rings. The van der Waals surface area contributed by atoms with E-state index in [9.17, 15) is 65.9 Å². The van der Waals surface area contributed by atoms with Crippen molar-refractivity contribution in [1.82, 2.24) is 0 Å². The van der Waals surface area contributed by atoms with Crippen molar-refractivity contribution in [1.29, 1.82) is 0 Å². The molecule has 0 heterocycles. The van der Waals surface area contributed by atoms with Gasteiger partial charge in [-0.15, -0.1) is 0 Å². The van der Waals surface area contributed by atoms with Crippen LogP contribution in [0.15, 0.2) is 11.4 Å². The third-order valence-electron chi connectivity index (χ3n) is 2.67. The summed E-state index contributed by atoms with van der Waals surface area (Å²) in [5.41, 5.74) is -7.10. The van der Waals surface area contributed by atoms with Crippen LogP contribution in [0.4, 0.5) is 65.9 Å². The summed E-state index contributed by atoms with van der Waals surface area (Å²) in [6.07, 6.45) is -22.3. The second-order valence-electron chi connectivity index (χ2n) is 4.29. The number of allylic oxidation sites excluding steroid dienone is 1. The van der Waals surface area contributed by atoms with Crippen molar-refractivity contribution in [2.75, 3.05) is 0 Å². The Morgan fingerprint density at radius 1 is 0.720 bits per heavy atom. The van der Waals surface area contributed by atoms with E-state index in [-0.39, 0.29) is 0 Å². The highest BCUT2D eigenvalue weighted by atomic mass is 35.5. The molecular formula is C9H2ClF15. The summed E-state index contributed by atoms with van der Waals surface area (Å²) in [5, 5.41) is -3.44. The normalized spacial score (nSPS) is 19.6. The van der Waals surface area contributed by atoms with E-state index in [2.05, 4.69) is 11.6 Å². The zero-order valence-corrected chi connectivity index (χ0v) is 11.5. The largest absolute Gasteiger partial charge is 0.434 e. The lowest BCUT2D eigenvalue weighted by Crippen LogP contribution is -2.71. The van der Waals surface area contributed by atoms with Crippen molar-refractivity contribution in [3.05, 3.63) is 11.4 Å². The van der Waals surface area contributed by atoms with E-state index in [1.807, 2.05) is 0 Å². The van der Waals surface area contributed by atoms with Crippen LogP contribution < -0.4 is 0 Å². The molecule has 0 bridgehead atoms. The van der Waals surface area contributed by atoms with Gasteiger partial charge in [-0.3, -0.25) is 0 Å². The molecule has 0 aromatic rings. The van der Waals surface area contributed by atoms with Gasteiger partial charge in [-0.2, -0.15) is 52.7 Å². The number of alkyl halides is 14. The lowest BCUT2D eigenvalue weighted by Gasteiger charge is -2.41. The van der Waals surface area contributed by atoms with E-state index in [0.717, 1.165) is 0 Å². The quantitative estimate of drug-likeness (QED) is 0.462. The second kappa shape index (κ2) is 6.30. The van der Waals surface area contributed by atoms with Gasteiger partial charge in [-0.05, 0) is 0 Å². The van der Waals surface area contributed by atoms with E-state index in [1.54, 1.807) is 0 Å². The summed E-state index contributed by atoms with van der Waals surface area (Å²) in [6, 6.07) is 0. The number of hydrogen-bond acceptors (Lipinski definition) is 0. The second-order valence-corrected chi connectivity index (χ2v) is 4.70. The van der Waals surface area contributed by atoms with E-state index in [0.29, 0.717) is 0 Å². The Morgan fingerprint density at radius 3 is 1.32 bits per heavy atom. The predicted octanol–water partition coefficient (Wildman–Crippen LogP) is 6.11. The highest BCUT2D eigenvalue weighted by Gasteiger charge is 2.89. The standard InChI is InChI=1S/C9H2ClF15/c10-2(1-11)4(13,9(23,24)25)7(19,20)8(21,22)5(14,15)3(12)6(16,17)18/h1,3H. The molecule has 0 saturated heterocycles. The van der Waals surface area contributed by atoms with Crippen molar-refractivity contribution in [2.45, 2.75) is 42.0 Å². The minimum Gasteiger partial charge on any atom is -0.230 e. The molecule has 0 N–H and O–H groups in total. The molecule has 25 heavy (non-hydrogen) atoms. The summed E-state index contributed by atoms with van der Waals surface area (Å²) in [7, 11) is 0. The molecule has 16 heteroatoms. The Labute approximate surface area is 132 Å². The van der Waals surface area contributed by atoms with E-state index in [1.165, 1.54) is 0 Å². The number of rotatable bonds is 5. The molecular weight excluding hydrogens is 429 g/mol. The Kier molecular flexibility index (Phi) is 6.04. The van der Waals surface area contributed by atoms with Crippen molar-refractivity contribution in [2.24, 2.45) is 0 Å². The third kappa shape index (κ3) is 3.35. The number of halogens is 16. The number of hydrogen-bond donors (Lipinski definition) is 0. The van der Waals surface area contributed by atoms with Gasteiger partial charge in [0.05, 0.1) is 5.03 Å². The van der Waals surface area contributed by atoms with Crippen LogP contribution in [0.5, 0.6) is 0 Å². The summed E-state index contributed by atoms with van der Waals surface area (Å²) in [5.74, 6) is -23.4. The molecule has 0 aliphatic rings. The van der Waals surface area contributed by atoms with Gasteiger partial charge < -0.3 is 0 Å². The highest BCUT2D eigenvalue weighted by Crippen LogP contribution is 2.61. The molecule has 2 unspecified atom stereocenters. The van der Waals surface area contributed by atoms with Crippen molar-refractivity contribution < 1.29 is 65.9 Å². The van der Waals surface area contributed by atoms with Gasteiger partial charge in [-0.25, -0.2) is 13.2 Å². The molecule has 0 aromatic heterocycles. The molecule has 0 nitrogen and oxygen atoms in total. The molecule has 0 aliphatic carbocycles. The maximum Gasteiger partial charge on any atom is 0.434 e. The monoisotopic (exact) mass is 430 g/mol. The summed E-state index contributed by atoms with van der Waals surface area (Å²) in [6.45, 7) is 0. The topological polar surface area (TPSA) is 0 Å². The Balaban J connectivity index is 6.64. The van der Waals surface area contributed by atoms with Gasteiger partial charge >= 0.3 is 35.8 Å². The molecule has 0 spiro atoms. The molecule has 150 valence electrons. The van der Waals surface area contributed by atoms with Crippen molar-refractivity contribution in [3.63, 3.8) is 0 Å². The minimum absolute atomic E-state index is 1.87. The molecule has 0 rings (SSSR count). The molecule has 0 amide bonds. The lowest BCUT2D eigenvalue weighted by atomic mass is 9.86. The van der Waals surface area contributed by atoms with Crippen LogP contribution in [-0.2, 0) is 0 Å². The first-order valence-corrected chi connectivity index (χ1v) is 5.58. The predicted molar refractivity (Wildman–Crippen MR) is 50.7 cm³/mol. The van der Waals surface area contributed by atoms with Crippen LogP contribution in [-0.4, -0.2) is 42.0 Å². The van der Waals surface area contributed by atoms with Crippen molar-refractivity contribution >= 4 is 11.6 Å². The summed E-state index contributed by atoms with van der Waals surface area (Å²) < 4.78 is 189. The van der Waals surface area contributed by atoms with Gasteiger partial charge in [-0.1, -0.05) is 11.6 Å². The minimum atomic E-state index is -7.96. The molecule has 0 aromatic carbocycles. The molecule has 0 saturated carbocycles. The smallest absolute Gasteiger partial charge is 0.230 e. The fraction of sp³-hybridized carbons (Fsp3) is 0.778. The molecule has 0 aliphatic heterocycles. The Bertz CT molecular complexity index is 514. The first-order valence-electron chi connectivity index (χ1n) is 5.20. The zero-order chi connectivity index (χ0) is 20.9. The Morgan fingerprint density at radius 2 is 1.08 bits per heavy atom. The van der Waals surface area contributed by atoms with Gasteiger partial charge in [0.2, 0.25) is 0 Å². The average molecular weight is 431 g/mol. The fourth-order valence-corrected chi connectivity index (χ4v) is 1.55. The SMILES string of the molecule is FC=C(Cl)C(F)(C(F)(F)F)C(F)(F)C(F)(F)C(F)(F)C(F)C(F)(F)F. The zero-order valence-electron chi connectivity index (χ0n) is 10.7. The van der Waals surface area contributed by atoms with Gasteiger partial charge in [0, 0.05) is 0 Å². The summed E-state index contributed by atoms with van der Waals surface area (Å²) in [4.78, 5) is 0. The van der Waals surface area contributed by atoms with Crippen LogP contribution in [0.1, 0.15) is 0 Å². The van der Waals surface area contributed by atoms with Crippen LogP contribution in [0.3, 0.4) is 0 Å². The molecule has 2 atom stereocenters. The average Bonchev–Trinajstić information content (AvgIpc) is 2.41. The Hall–Kier alpha value is -1.02. The first kappa shape index (κ1) is 24.0. The van der Waals surface area contributed by atoms with Gasteiger partial charge in [0.15, 0.2) is 0 Å². The lowest BCUT2D eigenvalue weighted by molar-refractivity contribution is -0.399. The van der Waals surface area contributed by atoms with E-state index >= 15 is 0 Å². The summed E-state index contributed by atoms with van der Waals surface area (Å²) >= 11 is 4.08. The van der Waals surface area contributed by atoms with E-state index < -0.39 is 53.3 Å². The fourth-order valence-electron chi connectivity index (χ4n) is 1.33. The van der Waals surface area contributed by atoms with Crippen molar-refractivity contribution in [3.8, 4) is 0 Å². The van der Waals surface area contributed by atoms with Crippen LogP contribution >= 0.6 is 11.6 Å². The third-order valence-corrected chi connectivity index (χ3v) is 3.01. The van der Waals surface area contributed by atoms with Gasteiger partial charge in [0.1, 0.15) is 6.33 Å². The van der Waals surface area contributed by atoms with Crippen LogP contribution in [0.25, 0.3) is 0 Å². The first-order chi connectivity index (χ1) is 10.6. The highest BCUT2D eigenvalue weighted by molar-refractivity contribution is 6.30. The maximum absolute atomic E-state index is 13.5. The van der Waals surface area contributed by atoms with Crippen LogP contribution in [0.2, 0.25) is 0 Å². The van der Waals surface area contributed by atoms with E-state index in [4.69, 9.17) is 0 Å². The molecule has 0 radical (unpaired) electrons. The van der Waals surface area contributed by atoms with Gasteiger partial charge in [0.25, 0.3) is 6.17 Å². The maximum atomic E-state index is 13.5.